The van der Waals surface area contributed by atoms with Crippen LogP contribution in [0.4, 0.5) is 13.6 Å². The van der Waals surface area contributed by atoms with Gasteiger partial charge in [0.05, 0.1) is 6.61 Å². The second-order valence-corrected chi connectivity index (χ2v) is 6.79. The maximum absolute atomic E-state index is 13.3. The molecule has 0 heterocycles. The van der Waals surface area contributed by atoms with Gasteiger partial charge >= 0.3 is 6.09 Å². The molecule has 1 aromatic rings. The number of rotatable bonds is 6. The van der Waals surface area contributed by atoms with Crippen LogP contribution in [0.15, 0.2) is 18.2 Å². The van der Waals surface area contributed by atoms with Gasteiger partial charge in [-0.15, -0.1) is 0 Å². The van der Waals surface area contributed by atoms with Gasteiger partial charge in [0, 0.05) is 12.0 Å². The van der Waals surface area contributed by atoms with E-state index in [2.05, 4.69) is 5.32 Å². The van der Waals surface area contributed by atoms with Gasteiger partial charge < -0.3 is 15.2 Å². The number of benzene rings is 1. The molecule has 1 aromatic carbocycles. The summed E-state index contributed by atoms with van der Waals surface area (Å²) in [6, 6.07) is 3.65. The number of aliphatic hydroxyl groups excluding tert-OH is 1. The summed E-state index contributed by atoms with van der Waals surface area (Å²) in [5.41, 5.74) is -0.717. The Morgan fingerprint density at radius 1 is 1.26 bits per heavy atom. The van der Waals surface area contributed by atoms with Crippen LogP contribution < -0.4 is 5.32 Å². The fourth-order valence-electron chi connectivity index (χ4n) is 2.19. The van der Waals surface area contributed by atoms with Gasteiger partial charge in [-0.3, -0.25) is 0 Å². The summed E-state index contributed by atoms with van der Waals surface area (Å²) < 4.78 is 31.5. The summed E-state index contributed by atoms with van der Waals surface area (Å²) in [7, 11) is 0. The third kappa shape index (κ3) is 6.14. The lowest BCUT2D eigenvalue weighted by molar-refractivity contribution is 0.0461. The second kappa shape index (κ2) is 7.73. The minimum absolute atomic E-state index is 0.175. The Hall–Kier alpha value is -1.69. The van der Waals surface area contributed by atoms with Gasteiger partial charge in [0.2, 0.25) is 0 Å². The Morgan fingerprint density at radius 2 is 1.91 bits per heavy atom. The van der Waals surface area contributed by atoms with Crippen LogP contribution in [0.1, 0.15) is 39.7 Å². The minimum Gasteiger partial charge on any atom is -0.444 e. The van der Waals surface area contributed by atoms with E-state index in [1.165, 1.54) is 6.07 Å². The standard InChI is InChI=1S/C17H25F2NO3/c1-5-17(11-21,10-20-15(22)23-16(2,3)4)9-12-6-7-13(18)14(19)8-12/h6-8,21H,5,9-11H2,1-4H3,(H,20,22). The molecule has 0 saturated carbocycles. The van der Waals surface area contributed by atoms with Gasteiger partial charge in [0.1, 0.15) is 5.60 Å². The Balaban J connectivity index is 2.78. The molecule has 23 heavy (non-hydrogen) atoms. The van der Waals surface area contributed by atoms with Crippen LogP contribution in [0, 0.1) is 17.0 Å². The highest BCUT2D eigenvalue weighted by Crippen LogP contribution is 2.27. The first-order valence-electron chi connectivity index (χ1n) is 7.62. The van der Waals surface area contributed by atoms with Crippen molar-refractivity contribution in [1.29, 1.82) is 0 Å². The molecule has 0 aliphatic rings. The number of halogens is 2. The van der Waals surface area contributed by atoms with Crippen LogP contribution in [-0.4, -0.2) is 30.0 Å². The van der Waals surface area contributed by atoms with Crippen LogP contribution >= 0.6 is 0 Å². The molecule has 0 saturated heterocycles. The largest absolute Gasteiger partial charge is 0.444 e. The molecular weight excluding hydrogens is 304 g/mol. The smallest absolute Gasteiger partial charge is 0.407 e. The number of hydrogen-bond acceptors (Lipinski definition) is 3. The topological polar surface area (TPSA) is 58.6 Å². The third-order valence-corrected chi connectivity index (χ3v) is 3.66. The Kier molecular flexibility index (Phi) is 6.50. The van der Waals surface area contributed by atoms with Gasteiger partial charge in [0.25, 0.3) is 0 Å². The number of hydrogen-bond donors (Lipinski definition) is 2. The van der Waals surface area contributed by atoms with E-state index < -0.39 is 28.7 Å². The zero-order valence-corrected chi connectivity index (χ0v) is 14.1. The van der Waals surface area contributed by atoms with Crippen molar-refractivity contribution in [3.05, 3.63) is 35.4 Å². The first kappa shape index (κ1) is 19.4. The molecule has 6 heteroatoms. The fourth-order valence-corrected chi connectivity index (χ4v) is 2.19. The molecule has 130 valence electrons. The third-order valence-electron chi connectivity index (χ3n) is 3.66. The van der Waals surface area contributed by atoms with Crippen molar-refractivity contribution in [2.24, 2.45) is 5.41 Å². The summed E-state index contributed by atoms with van der Waals surface area (Å²) in [5.74, 6) is -1.84. The number of ether oxygens (including phenoxy) is 1. The number of aliphatic hydroxyl groups is 1. The summed E-state index contributed by atoms with van der Waals surface area (Å²) >= 11 is 0. The van der Waals surface area contributed by atoms with E-state index in [0.29, 0.717) is 18.4 Å². The molecule has 1 unspecified atom stereocenters. The lowest BCUT2D eigenvalue weighted by Gasteiger charge is -2.31. The zero-order chi connectivity index (χ0) is 17.7. The Morgan fingerprint density at radius 3 is 2.39 bits per heavy atom. The highest BCUT2D eigenvalue weighted by molar-refractivity contribution is 5.67. The first-order chi connectivity index (χ1) is 10.6. The second-order valence-electron chi connectivity index (χ2n) is 6.79. The maximum Gasteiger partial charge on any atom is 0.407 e. The van der Waals surface area contributed by atoms with E-state index in [1.54, 1.807) is 20.8 Å². The number of carbonyl (C=O) groups is 1. The minimum atomic E-state index is -0.925. The van der Waals surface area contributed by atoms with E-state index in [4.69, 9.17) is 4.74 Å². The molecular formula is C17H25F2NO3. The Labute approximate surface area is 135 Å². The normalized spacial score (nSPS) is 14.2. The molecule has 0 fully saturated rings. The molecule has 0 bridgehead atoms. The van der Waals surface area contributed by atoms with Crippen molar-refractivity contribution in [2.75, 3.05) is 13.2 Å². The van der Waals surface area contributed by atoms with Gasteiger partial charge in [-0.05, 0) is 51.3 Å². The molecule has 0 spiro atoms. The summed E-state index contributed by atoms with van der Waals surface area (Å²) in [4.78, 5) is 11.8. The zero-order valence-electron chi connectivity index (χ0n) is 14.1. The lowest BCUT2D eigenvalue weighted by Crippen LogP contribution is -2.43. The van der Waals surface area contributed by atoms with E-state index in [-0.39, 0.29) is 13.2 Å². The Bertz CT molecular complexity index is 537. The van der Waals surface area contributed by atoms with Crippen molar-refractivity contribution in [1.82, 2.24) is 5.32 Å². The highest BCUT2D eigenvalue weighted by Gasteiger charge is 2.29. The van der Waals surface area contributed by atoms with E-state index in [9.17, 15) is 18.7 Å². The van der Waals surface area contributed by atoms with Gasteiger partial charge in [0.15, 0.2) is 11.6 Å². The monoisotopic (exact) mass is 329 g/mol. The van der Waals surface area contributed by atoms with Crippen molar-refractivity contribution in [3.63, 3.8) is 0 Å². The predicted molar refractivity (Wildman–Crippen MR) is 84.1 cm³/mol. The number of carbonyl (C=O) groups excluding carboxylic acids is 1. The van der Waals surface area contributed by atoms with Crippen LogP contribution in [0.5, 0.6) is 0 Å². The molecule has 0 radical (unpaired) electrons. The molecule has 1 atom stereocenters. The van der Waals surface area contributed by atoms with Crippen molar-refractivity contribution >= 4 is 6.09 Å². The first-order valence-corrected chi connectivity index (χ1v) is 7.62. The lowest BCUT2D eigenvalue weighted by atomic mass is 9.80. The van der Waals surface area contributed by atoms with Crippen molar-refractivity contribution in [3.8, 4) is 0 Å². The average molecular weight is 329 g/mol. The van der Waals surface area contributed by atoms with Gasteiger partial charge in [-0.25, -0.2) is 13.6 Å². The number of amides is 1. The summed E-state index contributed by atoms with van der Waals surface area (Å²) in [5, 5.41) is 12.4. The van der Waals surface area contributed by atoms with Gasteiger partial charge in [-0.2, -0.15) is 0 Å². The van der Waals surface area contributed by atoms with Crippen LogP contribution in [-0.2, 0) is 11.2 Å². The highest BCUT2D eigenvalue weighted by atomic mass is 19.2. The summed E-state index contributed by atoms with van der Waals surface area (Å²) in [6.07, 6.45) is 0.291. The van der Waals surface area contributed by atoms with Crippen molar-refractivity contribution < 1.29 is 23.4 Å². The number of alkyl carbamates (subject to hydrolysis) is 1. The predicted octanol–water partition coefficient (Wildman–Crippen LogP) is 3.42. The van der Waals surface area contributed by atoms with Crippen LogP contribution in [0.3, 0.4) is 0 Å². The molecule has 4 nitrogen and oxygen atoms in total. The van der Waals surface area contributed by atoms with E-state index >= 15 is 0 Å². The fraction of sp³-hybridized carbons (Fsp3) is 0.588. The van der Waals surface area contributed by atoms with Crippen LogP contribution in [0.25, 0.3) is 0 Å². The SMILES string of the molecule is CCC(CO)(CNC(=O)OC(C)(C)C)Cc1ccc(F)c(F)c1. The number of nitrogens with one attached hydrogen (secondary N) is 1. The van der Waals surface area contributed by atoms with E-state index in [0.717, 1.165) is 12.1 Å². The molecule has 0 aliphatic carbocycles. The molecule has 1 amide bonds. The summed E-state index contributed by atoms with van der Waals surface area (Å²) in [6.45, 7) is 7.12. The van der Waals surface area contributed by atoms with Gasteiger partial charge in [-0.1, -0.05) is 13.0 Å². The quantitative estimate of drug-likeness (QED) is 0.841. The average Bonchev–Trinajstić information content (AvgIpc) is 2.45. The molecule has 2 N–H and O–H groups in total. The molecule has 1 rings (SSSR count). The maximum atomic E-state index is 13.3. The van der Waals surface area contributed by atoms with Crippen LogP contribution in [0.2, 0.25) is 0 Å². The molecule has 0 aromatic heterocycles. The van der Waals surface area contributed by atoms with Crippen molar-refractivity contribution in [2.45, 2.75) is 46.1 Å². The molecule has 0 aliphatic heterocycles. The van der Waals surface area contributed by atoms with E-state index in [1.807, 2.05) is 6.92 Å².